The van der Waals surface area contributed by atoms with Crippen molar-refractivity contribution in [1.29, 1.82) is 0 Å². The predicted octanol–water partition coefficient (Wildman–Crippen LogP) is 3.96. The molecule has 0 aliphatic carbocycles. The Balaban J connectivity index is 2.66. The summed E-state index contributed by atoms with van der Waals surface area (Å²) in [5.74, 6) is 1.50. The van der Waals surface area contributed by atoms with Gasteiger partial charge in [-0.1, -0.05) is 52.0 Å². The average molecular weight is 261 g/mol. The fraction of sp³-hybridized carbons (Fsp3) is 0.588. The topological polar surface area (TPSA) is 20.3 Å². The molecule has 0 radical (unpaired) electrons. The summed E-state index contributed by atoms with van der Waals surface area (Å²) >= 11 is 0. The Bertz CT molecular complexity index is 390. The van der Waals surface area contributed by atoms with Gasteiger partial charge < -0.3 is 4.90 Å². The molecule has 0 aromatic rings. The molecular formula is C17H27NO. The second kappa shape index (κ2) is 7.32. The van der Waals surface area contributed by atoms with Crippen molar-refractivity contribution in [2.45, 2.75) is 40.5 Å². The van der Waals surface area contributed by atoms with Gasteiger partial charge in [-0.15, -0.1) is 0 Å². The number of carbonyl (C=O) groups excluding carboxylic acids is 1. The van der Waals surface area contributed by atoms with Crippen LogP contribution in [0.1, 0.15) is 40.5 Å². The van der Waals surface area contributed by atoms with Crippen molar-refractivity contribution in [1.82, 2.24) is 4.90 Å². The third kappa shape index (κ3) is 4.38. The van der Waals surface area contributed by atoms with E-state index >= 15 is 0 Å². The molecule has 106 valence electrons. The Morgan fingerprint density at radius 3 is 2.63 bits per heavy atom. The predicted molar refractivity (Wildman–Crippen MR) is 81.9 cm³/mol. The first-order valence-corrected chi connectivity index (χ1v) is 7.27. The fourth-order valence-corrected chi connectivity index (χ4v) is 2.63. The van der Waals surface area contributed by atoms with Gasteiger partial charge >= 0.3 is 0 Å². The van der Waals surface area contributed by atoms with E-state index in [1.165, 1.54) is 6.42 Å². The Hall–Kier alpha value is -1.31. The van der Waals surface area contributed by atoms with E-state index in [2.05, 4.69) is 27.4 Å². The zero-order chi connectivity index (χ0) is 14.4. The Kier molecular flexibility index (Phi) is 6.07. The lowest BCUT2D eigenvalue weighted by molar-refractivity contribution is -0.126. The molecule has 0 bridgehead atoms. The van der Waals surface area contributed by atoms with Crippen LogP contribution in [0.4, 0.5) is 0 Å². The van der Waals surface area contributed by atoms with Crippen molar-refractivity contribution in [3.8, 4) is 0 Å². The van der Waals surface area contributed by atoms with Gasteiger partial charge in [0, 0.05) is 18.7 Å². The average Bonchev–Trinajstić information content (AvgIpc) is 2.63. The molecule has 0 aromatic heterocycles. The molecule has 1 atom stereocenters. The van der Waals surface area contributed by atoms with Gasteiger partial charge in [0.05, 0.1) is 0 Å². The molecule has 2 heteroatoms. The minimum absolute atomic E-state index is 0.200. The summed E-state index contributed by atoms with van der Waals surface area (Å²) in [5.41, 5.74) is 2.02. The highest BCUT2D eigenvalue weighted by Gasteiger charge is 2.27. The molecule has 0 fully saturated rings. The van der Waals surface area contributed by atoms with E-state index in [1.807, 2.05) is 24.0 Å². The third-order valence-corrected chi connectivity index (χ3v) is 3.75. The summed E-state index contributed by atoms with van der Waals surface area (Å²) < 4.78 is 0. The summed E-state index contributed by atoms with van der Waals surface area (Å²) in [5, 5.41) is 0. The molecule has 1 amide bonds. The second-order valence-electron chi connectivity index (χ2n) is 5.83. The largest absolute Gasteiger partial charge is 0.334 e. The summed E-state index contributed by atoms with van der Waals surface area (Å²) in [7, 11) is 0. The van der Waals surface area contributed by atoms with E-state index in [1.54, 1.807) is 6.08 Å². The van der Waals surface area contributed by atoms with Crippen LogP contribution in [-0.4, -0.2) is 23.9 Å². The maximum atomic E-state index is 12.2. The van der Waals surface area contributed by atoms with Gasteiger partial charge in [-0.2, -0.15) is 0 Å². The standard InChI is InChI=1S/C17H27NO/c1-6-8-9-16-12-18(17(19)14(16)5)11-15(7-2)10-13(3)4/h6,8-9,13,15H,1,7,10-12H2,2-5H3/b9-8-/t15-/m1/s1. The van der Waals surface area contributed by atoms with Crippen LogP contribution < -0.4 is 0 Å². The van der Waals surface area contributed by atoms with Crippen LogP contribution in [0.5, 0.6) is 0 Å². The lowest BCUT2D eigenvalue weighted by Crippen LogP contribution is -2.32. The summed E-state index contributed by atoms with van der Waals surface area (Å²) in [6, 6.07) is 0. The SMILES string of the molecule is C=C/C=C\C1=C(C)C(=O)N(C[C@H](CC)CC(C)C)C1. The number of allylic oxidation sites excluding steroid dienone is 2. The van der Waals surface area contributed by atoms with Gasteiger partial charge in [0.25, 0.3) is 0 Å². The monoisotopic (exact) mass is 261 g/mol. The molecule has 0 saturated carbocycles. The van der Waals surface area contributed by atoms with Crippen LogP contribution in [0.2, 0.25) is 0 Å². The van der Waals surface area contributed by atoms with Crippen molar-refractivity contribution in [2.75, 3.05) is 13.1 Å². The highest BCUT2D eigenvalue weighted by Crippen LogP contribution is 2.24. The molecule has 0 aromatic carbocycles. The molecule has 19 heavy (non-hydrogen) atoms. The van der Waals surface area contributed by atoms with Gasteiger partial charge in [0.15, 0.2) is 0 Å². The molecule has 2 nitrogen and oxygen atoms in total. The van der Waals surface area contributed by atoms with E-state index in [9.17, 15) is 4.79 Å². The van der Waals surface area contributed by atoms with Gasteiger partial charge in [-0.3, -0.25) is 4.79 Å². The van der Waals surface area contributed by atoms with Gasteiger partial charge in [0.2, 0.25) is 5.91 Å². The molecular weight excluding hydrogens is 234 g/mol. The number of nitrogens with zero attached hydrogens (tertiary/aromatic N) is 1. The lowest BCUT2D eigenvalue weighted by Gasteiger charge is -2.24. The van der Waals surface area contributed by atoms with Gasteiger partial charge in [0.1, 0.15) is 0 Å². The highest BCUT2D eigenvalue weighted by atomic mass is 16.2. The van der Waals surface area contributed by atoms with E-state index in [4.69, 9.17) is 0 Å². The van der Waals surface area contributed by atoms with E-state index in [0.29, 0.717) is 11.8 Å². The van der Waals surface area contributed by atoms with E-state index < -0.39 is 0 Å². The van der Waals surface area contributed by atoms with Crippen molar-refractivity contribution in [3.63, 3.8) is 0 Å². The maximum absolute atomic E-state index is 12.2. The van der Waals surface area contributed by atoms with Gasteiger partial charge in [-0.05, 0) is 30.8 Å². The van der Waals surface area contributed by atoms with Crippen LogP contribution in [0, 0.1) is 11.8 Å². The number of amides is 1. The van der Waals surface area contributed by atoms with Crippen molar-refractivity contribution in [3.05, 3.63) is 36.0 Å². The molecule has 0 saturated heterocycles. The van der Waals surface area contributed by atoms with Crippen molar-refractivity contribution >= 4 is 5.91 Å². The van der Waals surface area contributed by atoms with Crippen LogP contribution in [0.3, 0.4) is 0 Å². The van der Waals surface area contributed by atoms with Crippen LogP contribution >= 0.6 is 0 Å². The summed E-state index contributed by atoms with van der Waals surface area (Å²) in [6.45, 7) is 13.9. The van der Waals surface area contributed by atoms with E-state index in [0.717, 1.165) is 30.7 Å². The lowest BCUT2D eigenvalue weighted by atomic mass is 9.94. The molecule has 1 aliphatic heterocycles. The molecule has 0 unspecified atom stereocenters. The first-order chi connectivity index (χ1) is 8.99. The van der Waals surface area contributed by atoms with Crippen LogP contribution in [-0.2, 0) is 4.79 Å². The Labute approximate surface area is 117 Å². The number of carbonyl (C=O) groups is 1. The second-order valence-corrected chi connectivity index (χ2v) is 5.83. The summed E-state index contributed by atoms with van der Waals surface area (Å²) in [6.07, 6.45) is 7.99. The van der Waals surface area contributed by atoms with Crippen LogP contribution in [0.25, 0.3) is 0 Å². The van der Waals surface area contributed by atoms with Crippen molar-refractivity contribution in [2.24, 2.45) is 11.8 Å². The first kappa shape index (κ1) is 15.7. The smallest absolute Gasteiger partial charge is 0.250 e. The molecule has 1 rings (SSSR count). The first-order valence-electron chi connectivity index (χ1n) is 7.27. The minimum atomic E-state index is 0.200. The molecule has 0 spiro atoms. The number of rotatable bonds is 7. The highest BCUT2D eigenvalue weighted by molar-refractivity contribution is 5.97. The summed E-state index contributed by atoms with van der Waals surface area (Å²) in [4.78, 5) is 14.2. The number of hydrogen-bond donors (Lipinski definition) is 0. The van der Waals surface area contributed by atoms with Gasteiger partial charge in [-0.25, -0.2) is 0 Å². The normalized spacial score (nSPS) is 17.9. The minimum Gasteiger partial charge on any atom is -0.334 e. The Morgan fingerprint density at radius 1 is 1.42 bits per heavy atom. The number of hydrogen-bond acceptors (Lipinski definition) is 1. The van der Waals surface area contributed by atoms with Crippen molar-refractivity contribution < 1.29 is 4.79 Å². The zero-order valence-corrected chi connectivity index (χ0v) is 12.8. The quantitative estimate of drug-likeness (QED) is 0.635. The molecule has 1 heterocycles. The third-order valence-electron chi connectivity index (χ3n) is 3.75. The molecule has 0 N–H and O–H groups in total. The van der Waals surface area contributed by atoms with Crippen LogP contribution in [0.15, 0.2) is 36.0 Å². The van der Waals surface area contributed by atoms with E-state index in [-0.39, 0.29) is 5.91 Å². The fourth-order valence-electron chi connectivity index (χ4n) is 2.63. The Morgan fingerprint density at radius 2 is 2.11 bits per heavy atom. The zero-order valence-electron chi connectivity index (χ0n) is 12.8. The molecule has 1 aliphatic rings. The maximum Gasteiger partial charge on any atom is 0.250 e.